The zero-order valence-electron chi connectivity index (χ0n) is 10.8. The number of halogens is 6. The lowest BCUT2D eigenvalue weighted by Gasteiger charge is -2.14. The summed E-state index contributed by atoms with van der Waals surface area (Å²) in [5.74, 6) is -0.541. The maximum atomic E-state index is 12.7. The van der Waals surface area contributed by atoms with Crippen molar-refractivity contribution in [3.05, 3.63) is 53.6 Å². The van der Waals surface area contributed by atoms with Crippen LogP contribution in [0, 0.1) is 0 Å². The second-order valence-corrected chi connectivity index (χ2v) is 4.42. The normalized spacial score (nSPS) is 12.3. The fraction of sp³-hybridized carbons (Fsp3) is 0.143. The van der Waals surface area contributed by atoms with Gasteiger partial charge in [0.25, 0.3) is 0 Å². The average Bonchev–Trinajstić information content (AvgIpc) is 2.36. The molecular weight excluding hydrogens is 312 g/mol. The summed E-state index contributed by atoms with van der Waals surface area (Å²) in [5.41, 5.74) is 2.85. The third-order valence-corrected chi connectivity index (χ3v) is 2.65. The number of hydrogen-bond acceptors (Lipinski definition) is 2. The first-order valence-corrected chi connectivity index (χ1v) is 5.88. The van der Waals surface area contributed by atoms with E-state index in [0.29, 0.717) is 12.1 Å². The van der Waals surface area contributed by atoms with Gasteiger partial charge in [-0.15, -0.1) is 0 Å². The summed E-state index contributed by atoms with van der Waals surface area (Å²) in [4.78, 5) is 0. The summed E-state index contributed by atoms with van der Waals surface area (Å²) in [7, 11) is 0. The van der Waals surface area contributed by atoms with Gasteiger partial charge in [-0.25, -0.2) is 0 Å². The maximum absolute atomic E-state index is 12.7. The molecule has 2 nitrogen and oxygen atoms in total. The van der Waals surface area contributed by atoms with E-state index in [1.807, 2.05) is 0 Å². The molecule has 118 valence electrons. The van der Waals surface area contributed by atoms with E-state index in [1.165, 1.54) is 24.3 Å². The Morgan fingerprint density at radius 1 is 0.727 bits per heavy atom. The number of anilines is 1. The van der Waals surface area contributed by atoms with E-state index in [0.717, 1.165) is 0 Å². The molecule has 0 radical (unpaired) electrons. The smallest absolute Gasteiger partial charge is 0.416 e. The van der Waals surface area contributed by atoms with Crippen LogP contribution in [0.5, 0.6) is 11.5 Å². The lowest BCUT2D eigenvalue weighted by Crippen LogP contribution is -2.11. The van der Waals surface area contributed by atoms with Crippen LogP contribution < -0.4 is 10.5 Å². The van der Waals surface area contributed by atoms with Gasteiger partial charge in [0.05, 0.1) is 11.1 Å². The first kappa shape index (κ1) is 16.0. The van der Waals surface area contributed by atoms with Gasteiger partial charge in [-0.2, -0.15) is 26.3 Å². The van der Waals surface area contributed by atoms with Gasteiger partial charge in [0.1, 0.15) is 11.5 Å². The Balaban J connectivity index is 2.46. The lowest BCUT2D eigenvalue weighted by atomic mass is 10.1. The van der Waals surface area contributed by atoms with E-state index in [1.54, 1.807) is 0 Å². The molecule has 22 heavy (non-hydrogen) atoms. The van der Waals surface area contributed by atoms with Crippen molar-refractivity contribution in [3.8, 4) is 11.5 Å². The maximum Gasteiger partial charge on any atom is 0.416 e. The molecule has 0 saturated heterocycles. The number of ether oxygens (including phenoxy) is 1. The molecule has 0 fully saturated rings. The Hall–Kier alpha value is -2.38. The van der Waals surface area contributed by atoms with Crippen molar-refractivity contribution < 1.29 is 31.1 Å². The number of benzene rings is 2. The van der Waals surface area contributed by atoms with Crippen molar-refractivity contribution in [3.63, 3.8) is 0 Å². The van der Waals surface area contributed by atoms with E-state index in [2.05, 4.69) is 0 Å². The van der Waals surface area contributed by atoms with E-state index < -0.39 is 29.2 Å². The first-order chi connectivity index (χ1) is 10.1. The second-order valence-electron chi connectivity index (χ2n) is 4.42. The van der Waals surface area contributed by atoms with Crippen molar-refractivity contribution in [1.82, 2.24) is 0 Å². The molecule has 0 aliphatic heterocycles. The Labute approximate surface area is 121 Å². The van der Waals surface area contributed by atoms with E-state index in [4.69, 9.17) is 10.5 Å². The van der Waals surface area contributed by atoms with E-state index in [-0.39, 0.29) is 17.5 Å². The molecule has 2 aromatic rings. The van der Waals surface area contributed by atoms with Gasteiger partial charge in [0.2, 0.25) is 0 Å². The Morgan fingerprint density at radius 3 is 1.73 bits per heavy atom. The van der Waals surface area contributed by atoms with Crippen molar-refractivity contribution >= 4 is 5.69 Å². The van der Waals surface area contributed by atoms with Crippen LogP contribution in [0.25, 0.3) is 0 Å². The molecule has 0 aliphatic carbocycles. The molecule has 0 aliphatic rings. The van der Waals surface area contributed by atoms with Gasteiger partial charge in [0, 0.05) is 11.8 Å². The topological polar surface area (TPSA) is 35.2 Å². The standard InChI is InChI=1S/C14H9F6NO/c15-13(16,17)8-4-9(14(18,19)20)6-12(5-8)22-11-3-1-2-10(21)7-11/h1-7H,21H2. The van der Waals surface area contributed by atoms with Gasteiger partial charge in [-0.1, -0.05) is 6.07 Å². The van der Waals surface area contributed by atoms with Crippen LogP contribution in [-0.4, -0.2) is 0 Å². The van der Waals surface area contributed by atoms with Gasteiger partial charge < -0.3 is 10.5 Å². The first-order valence-electron chi connectivity index (χ1n) is 5.88. The van der Waals surface area contributed by atoms with Crippen LogP contribution in [0.4, 0.5) is 32.0 Å². The molecule has 0 amide bonds. The van der Waals surface area contributed by atoms with Gasteiger partial charge in [-0.05, 0) is 30.3 Å². The van der Waals surface area contributed by atoms with Crippen LogP contribution in [0.15, 0.2) is 42.5 Å². The fourth-order valence-corrected chi connectivity index (χ4v) is 1.70. The molecule has 0 bridgehead atoms. The number of rotatable bonds is 2. The highest BCUT2D eigenvalue weighted by Gasteiger charge is 2.37. The monoisotopic (exact) mass is 321 g/mol. The molecule has 0 atom stereocenters. The largest absolute Gasteiger partial charge is 0.457 e. The SMILES string of the molecule is Nc1cccc(Oc2cc(C(F)(F)F)cc(C(F)(F)F)c2)c1. The summed E-state index contributed by atoms with van der Waals surface area (Å²) >= 11 is 0. The molecule has 0 spiro atoms. The highest BCUT2D eigenvalue weighted by molar-refractivity contribution is 5.46. The fourth-order valence-electron chi connectivity index (χ4n) is 1.70. The van der Waals surface area contributed by atoms with Crippen LogP contribution in [0.1, 0.15) is 11.1 Å². The minimum atomic E-state index is -4.92. The highest BCUT2D eigenvalue weighted by Crippen LogP contribution is 2.39. The summed E-state index contributed by atoms with van der Waals surface area (Å²) in [5, 5.41) is 0. The number of nitrogen functional groups attached to an aromatic ring is 1. The van der Waals surface area contributed by atoms with Gasteiger partial charge >= 0.3 is 12.4 Å². The minimum Gasteiger partial charge on any atom is -0.457 e. The van der Waals surface area contributed by atoms with Crippen LogP contribution >= 0.6 is 0 Å². The van der Waals surface area contributed by atoms with Crippen molar-refractivity contribution in [2.45, 2.75) is 12.4 Å². The van der Waals surface area contributed by atoms with Gasteiger partial charge in [0.15, 0.2) is 0 Å². The summed E-state index contributed by atoms with van der Waals surface area (Å²) < 4.78 is 81.2. The van der Waals surface area contributed by atoms with Crippen LogP contribution in [-0.2, 0) is 12.4 Å². The Morgan fingerprint density at radius 2 is 1.27 bits per heavy atom. The van der Waals surface area contributed by atoms with Crippen LogP contribution in [0.3, 0.4) is 0 Å². The zero-order chi connectivity index (χ0) is 16.5. The van der Waals surface area contributed by atoms with E-state index >= 15 is 0 Å². The highest BCUT2D eigenvalue weighted by atomic mass is 19.4. The predicted molar refractivity (Wildman–Crippen MR) is 67.4 cm³/mol. The molecule has 0 unspecified atom stereocenters. The molecule has 0 heterocycles. The van der Waals surface area contributed by atoms with Crippen molar-refractivity contribution in [2.24, 2.45) is 0 Å². The third kappa shape index (κ3) is 3.84. The van der Waals surface area contributed by atoms with Gasteiger partial charge in [-0.3, -0.25) is 0 Å². The Kier molecular flexibility index (Phi) is 3.95. The van der Waals surface area contributed by atoms with Crippen molar-refractivity contribution in [1.29, 1.82) is 0 Å². The zero-order valence-corrected chi connectivity index (χ0v) is 10.8. The molecule has 2 rings (SSSR count). The number of alkyl halides is 6. The Bertz CT molecular complexity index is 646. The van der Waals surface area contributed by atoms with Crippen LogP contribution in [0.2, 0.25) is 0 Å². The third-order valence-electron chi connectivity index (χ3n) is 2.65. The predicted octanol–water partition coefficient (Wildman–Crippen LogP) is 5.10. The van der Waals surface area contributed by atoms with Crippen molar-refractivity contribution in [2.75, 3.05) is 5.73 Å². The summed E-state index contributed by atoms with van der Waals surface area (Å²) in [6.45, 7) is 0. The average molecular weight is 321 g/mol. The molecule has 2 N–H and O–H groups in total. The second kappa shape index (κ2) is 5.43. The molecule has 0 aromatic heterocycles. The molecule has 0 saturated carbocycles. The molecule has 2 aromatic carbocycles. The minimum absolute atomic E-state index is 0.0339. The summed E-state index contributed by atoms with van der Waals surface area (Å²) in [6, 6.07) is 6.64. The lowest BCUT2D eigenvalue weighted by molar-refractivity contribution is -0.143. The number of hydrogen-bond donors (Lipinski definition) is 1. The summed E-state index contributed by atoms with van der Waals surface area (Å²) in [6.07, 6.45) is -9.84. The molecular formula is C14H9F6NO. The van der Waals surface area contributed by atoms with E-state index in [9.17, 15) is 26.3 Å². The number of nitrogens with two attached hydrogens (primary N) is 1. The quantitative estimate of drug-likeness (QED) is 0.617. The molecule has 8 heteroatoms.